The fraction of sp³-hybridized carbons (Fsp3) is 0.778. The van der Waals surface area contributed by atoms with Gasteiger partial charge in [0.05, 0.1) is 6.61 Å². The SMILES string of the molecule is CC(O)C(=O)O.Cl.Cl.Cl.Cl.O=CC(O)C(O)C(O)C(O)CO.[CaH2].[KH].[MgH2].[NaH].[NaH]. The molecule has 0 saturated heterocycles. The van der Waals surface area contributed by atoms with E-state index in [0.717, 1.165) is 0 Å². The van der Waals surface area contributed by atoms with Crippen LogP contribution in [0.5, 0.6) is 0 Å². The number of hydrogen-bond acceptors (Lipinski definition) is 8. The Morgan fingerprint density at radius 3 is 1.33 bits per heavy atom. The normalized spacial score (nSPS) is 12.4. The molecule has 18 heteroatoms. The number of aliphatic hydroxyl groups excluding tert-OH is 6. The third-order valence-electron chi connectivity index (χ3n) is 1.78. The molecular formula is C9H29CaCl4KMgNa2O9. The number of carbonyl (C=O) groups is 2. The molecular weight excluding hydrogens is 543 g/mol. The molecule has 0 aromatic rings. The molecule has 0 saturated carbocycles. The molecule has 0 heterocycles. The molecule has 0 aliphatic carbocycles. The first kappa shape index (κ1) is 69.8. The summed E-state index contributed by atoms with van der Waals surface area (Å²) in [7, 11) is 0. The molecule has 0 aliphatic heterocycles. The molecule has 7 N–H and O–H groups in total. The minimum absolute atomic E-state index is 0. The van der Waals surface area contributed by atoms with Gasteiger partial charge in [-0.1, -0.05) is 0 Å². The number of carbonyl (C=O) groups excluding carboxylic acids is 1. The van der Waals surface area contributed by atoms with Crippen molar-refractivity contribution in [1.82, 2.24) is 0 Å². The molecule has 0 aromatic heterocycles. The van der Waals surface area contributed by atoms with Crippen molar-refractivity contribution in [1.29, 1.82) is 0 Å². The van der Waals surface area contributed by atoms with Crippen LogP contribution in [0, 0.1) is 0 Å². The maximum absolute atomic E-state index is 9.90. The summed E-state index contributed by atoms with van der Waals surface area (Å²) in [6.45, 7) is 0.437. The summed E-state index contributed by atoms with van der Waals surface area (Å²) in [5, 5.41) is 59.3. The number of rotatable bonds is 6. The standard InChI is InChI=1S/C6H12O6.C3H6O3.Ca.4ClH.K.Mg.2Na.7H/c7-1-3(9)5(11)6(12)4(10)2-8;1-2(4)3(5)6;;;;;;;;;;;;;;;;/h1,3-6,8-12H,2H2;2,4H,1H3,(H,5,6);;4*1H;;;;;;;;;;;. The van der Waals surface area contributed by atoms with Crippen molar-refractivity contribution in [3.63, 3.8) is 0 Å². The van der Waals surface area contributed by atoms with Gasteiger partial charge in [-0.25, -0.2) is 4.79 Å². The van der Waals surface area contributed by atoms with E-state index in [1.165, 1.54) is 6.92 Å². The van der Waals surface area contributed by atoms with Crippen LogP contribution >= 0.6 is 49.6 Å². The summed E-state index contributed by atoms with van der Waals surface area (Å²) in [5.74, 6) is -1.19. The molecule has 5 unspecified atom stereocenters. The summed E-state index contributed by atoms with van der Waals surface area (Å²) < 4.78 is 0. The Balaban J connectivity index is -0.0000000173. The molecule has 9 nitrogen and oxygen atoms in total. The quantitative estimate of drug-likeness (QED) is 0.121. The molecule has 154 valence electrons. The van der Waals surface area contributed by atoms with E-state index in [1.54, 1.807) is 0 Å². The Morgan fingerprint density at radius 2 is 1.19 bits per heavy atom. The van der Waals surface area contributed by atoms with E-state index in [9.17, 15) is 9.59 Å². The molecule has 0 aliphatic rings. The summed E-state index contributed by atoms with van der Waals surface area (Å²) in [6, 6.07) is 0. The monoisotopic (exact) mass is 570 g/mol. The van der Waals surface area contributed by atoms with Crippen LogP contribution in [0.2, 0.25) is 0 Å². The first-order chi connectivity index (χ1) is 8.18. The number of aliphatic hydroxyl groups is 6. The van der Waals surface area contributed by atoms with Gasteiger partial charge in [-0.2, -0.15) is 0 Å². The van der Waals surface area contributed by atoms with Gasteiger partial charge in [0.1, 0.15) is 30.5 Å². The van der Waals surface area contributed by atoms with Gasteiger partial charge in [0, 0.05) is 0 Å². The fourth-order valence-electron chi connectivity index (χ4n) is 0.618. The average molecular weight is 573 g/mol. The van der Waals surface area contributed by atoms with E-state index in [2.05, 4.69) is 0 Å². The van der Waals surface area contributed by atoms with Gasteiger partial charge in [-0.05, 0) is 6.92 Å². The number of hydrogen-bond donors (Lipinski definition) is 7. The number of aldehydes is 1. The van der Waals surface area contributed by atoms with Crippen molar-refractivity contribution in [2.45, 2.75) is 37.4 Å². The van der Waals surface area contributed by atoms with E-state index in [-0.39, 0.29) is 227 Å². The summed E-state index contributed by atoms with van der Waals surface area (Å²) in [6.07, 6.45) is -8.07. The Labute approximate surface area is 315 Å². The Bertz CT molecular complexity index is 286. The van der Waals surface area contributed by atoms with Crippen LogP contribution in [0.4, 0.5) is 0 Å². The van der Waals surface area contributed by atoms with E-state index < -0.39 is 43.1 Å². The van der Waals surface area contributed by atoms with Crippen LogP contribution in [0.3, 0.4) is 0 Å². The van der Waals surface area contributed by atoms with Crippen LogP contribution in [-0.4, -0.2) is 256 Å². The summed E-state index contributed by atoms with van der Waals surface area (Å²) in [4.78, 5) is 19.3. The molecule has 0 aromatic carbocycles. The van der Waals surface area contributed by atoms with Crippen LogP contribution < -0.4 is 0 Å². The van der Waals surface area contributed by atoms with Gasteiger partial charge in [-0.3, -0.25) is 0 Å². The molecule has 0 rings (SSSR count). The van der Waals surface area contributed by atoms with Crippen molar-refractivity contribution in [2.24, 2.45) is 0 Å². The second-order valence-corrected chi connectivity index (χ2v) is 3.37. The Kier molecular flexibility index (Phi) is 117. The van der Waals surface area contributed by atoms with Crippen LogP contribution in [0.15, 0.2) is 0 Å². The van der Waals surface area contributed by atoms with Crippen molar-refractivity contribution < 1.29 is 45.3 Å². The third kappa shape index (κ3) is 42.4. The van der Waals surface area contributed by atoms with Gasteiger partial charge in [-0.15, -0.1) is 49.6 Å². The van der Waals surface area contributed by atoms with Crippen molar-refractivity contribution in [3.05, 3.63) is 0 Å². The second kappa shape index (κ2) is 45.3. The van der Waals surface area contributed by atoms with Crippen LogP contribution in [-0.2, 0) is 9.59 Å². The minimum atomic E-state index is -1.79. The molecule has 0 bridgehead atoms. The molecule has 27 heavy (non-hydrogen) atoms. The van der Waals surface area contributed by atoms with Crippen molar-refractivity contribution >= 4 is 233 Å². The van der Waals surface area contributed by atoms with Gasteiger partial charge in [0.15, 0.2) is 6.29 Å². The topological polar surface area (TPSA) is 176 Å². The predicted octanol–water partition coefficient (Wildman–Crippen LogP) is -6.02. The Morgan fingerprint density at radius 1 is 0.926 bits per heavy atom. The van der Waals surface area contributed by atoms with Gasteiger partial charge in [0.25, 0.3) is 0 Å². The first-order valence-corrected chi connectivity index (χ1v) is 4.88. The van der Waals surface area contributed by atoms with Crippen molar-refractivity contribution in [2.75, 3.05) is 6.61 Å². The number of aliphatic carboxylic acids is 1. The molecule has 0 fully saturated rings. The number of halogens is 4. The summed E-state index contributed by atoms with van der Waals surface area (Å²) in [5.41, 5.74) is 0. The Hall–Kier alpha value is 5.72. The molecule has 0 radical (unpaired) electrons. The van der Waals surface area contributed by atoms with Gasteiger partial charge >= 0.3 is 177 Å². The predicted molar refractivity (Wildman–Crippen MR) is 124 cm³/mol. The number of carboxylic acids is 1. The average Bonchev–Trinajstić information content (AvgIpc) is 2.35. The zero-order valence-corrected chi connectivity index (χ0v) is 14.5. The van der Waals surface area contributed by atoms with Gasteiger partial charge < -0.3 is 40.5 Å². The van der Waals surface area contributed by atoms with Crippen LogP contribution in [0.1, 0.15) is 6.92 Å². The molecule has 5 atom stereocenters. The maximum atomic E-state index is 9.90. The number of carboxylic acid groups (broad SMARTS) is 1. The van der Waals surface area contributed by atoms with E-state index in [0.29, 0.717) is 0 Å². The molecule has 0 spiro atoms. The zero-order valence-electron chi connectivity index (χ0n) is 11.3. The zero-order chi connectivity index (χ0) is 14.9. The second-order valence-electron chi connectivity index (χ2n) is 3.37. The van der Waals surface area contributed by atoms with Gasteiger partial charge in [0.2, 0.25) is 0 Å². The van der Waals surface area contributed by atoms with E-state index in [4.69, 9.17) is 35.7 Å². The first-order valence-electron chi connectivity index (χ1n) is 4.88. The van der Waals surface area contributed by atoms with Crippen LogP contribution in [0.25, 0.3) is 0 Å². The van der Waals surface area contributed by atoms with Crippen molar-refractivity contribution in [3.8, 4) is 0 Å². The van der Waals surface area contributed by atoms with E-state index >= 15 is 0 Å². The van der Waals surface area contributed by atoms with E-state index in [1.807, 2.05) is 0 Å². The molecule has 0 amide bonds. The summed E-state index contributed by atoms with van der Waals surface area (Å²) >= 11 is 0. The fourth-order valence-corrected chi connectivity index (χ4v) is 0.618. The third-order valence-corrected chi connectivity index (χ3v) is 1.78.